The van der Waals surface area contributed by atoms with Crippen molar-refractivity contribution in [3.63, 3.8) is 0 Å². The molecular weight excluding hydrogens is 180 g/mol. The molecule has 1 aromatic carbocycles. The van der Waals surface area contributed by atoms with Gasteiger partial charge in [-0.15, -0.1) is 4.20 Å². The molecule has 0 radical (unpaired) electrons. The highest BCUT2D eigenvalue weighted by Gasteiger charge is 2.16. The van der Waals surface area contributed by atoms with Gasteiger partial charge >= 0.3 is 7.83 Å². The molecule has 0 saturated heterocycles. The minimum Gasteiger partial charge on any atom is -0.410 e. The Kier molecular flexibility index (Phi) is 2.50. The van der Waals surface area contributed by atoms with Gasteiger partial charge in [-0.2, -0.15) is 0 Å². The summed E-state index contributed by atoms with van der Waals surface area (Å²) in [5, 5.41) is 0. The largest absolute Gasteiger partial charge is 0.493 e. The fraction of sp³-hybridized carbons (Fsp3) is 0.143. The van der Waals surface area contributed by atoms with Crippen molar-refractivity contribution in [2.24, 2.45) is 5.50 Å². The summed E-state index contributed by atoms with van der Waals surface area (Å²) in [6.07, 6.45) is 0. The highest BCUT2D eigenvalue weighted by molar-refractivity contribution is 7.51. The molecule has 0 saturated carbocycles. The van der Waals surface area contributed by atoms with Gasteiger partial charge in [0.1, 0.15) is 5.75 Å². The molecule has 1 unspecified atom stereocenters. The Hall–Kier alpha value is -0.860. The normalized spacial score (nSPS) is 15.2. The Bertz CT molecular complexity index is 323. The molecule has 0 aliphatic heterocycles. The minimum absolute atomic E-state index is 0.214. The van der Waals surface area contributed by atoms with Crippen LogP contribution in [0.3, 0.4) is 0 Å². The van der Waals surface area contributed by atoms with E-state index in [1.807, 2.05) is 0 Å². The SMILES string of the molecule is Cc1ccccc1OP(N)(=O)F. The summed E-state index contributed by atoms with van der Waals surface area (Å²) < 4.78 is 27.2. The molecule has 3 nitrogen and oxygen atoms in total. The number of rotatable bonds is 2. The average Bonchev–Trinajstić information content (AvgIpc) is 1.91. The van der Waals surface area contributed by atoms with E-state index >= 15 is 0 Å². The lowest BCUT2D eigenvalue weighted by atomic mass is 10.2. The molecule has 0 spiro atoms. The van der Waals surface area contributed by atoms with E-state index < -0.39 is 7.83 Å². The molecule has 2 N–H and O–H groups in total. The number of benzene rings is 1. The predicted molar refractivity (Wildman–Crippen MR) is 44.7 cm³/mol. The van der Waals surface area contributed by atoms with Gasteiger partial charge in [0, 0.05) is 0 Å². The van der Waals surface area contributed by atoms with Crippen molar-refractivity contribution >= 4 is 7.83 Å². The van der Waals surface area contributed by atoms with Gasteiger partial charge in [-0.3, -0.25) is 0 Å². The molecule has 1 aromatic rings. The first kappa shape index (κ1) is 9.23. The number of aryl methyl sites for hydroxylation is 1. The van der Waals surface area contributed by atoms with Crippen molar-refractivity contribution in [3.05, 3.63) is 29.8 Å². The number of hydrogen-bond acceptors (Lipinski definition) is 2. The smallest absolute Gasteiger partial charge is 0.410 e. The fourth-order valence-electron chi connectivity index (χ4n) is 0.793. The molecule has 0 amide bonds. The van der Waals surface area contributed by atoms with Crippen LogP contribution in [-0.4, -0.2) is 0 Å². The quantitative estimate of drug-likeness (QED) is 0.726. The van der Waals surface area contributed by atoms with Crippen molar-refractivity contribution in [2.75, 3.05) is 0 Å². The van der Waals surface area contributed by atoms with Gasteiger partial charge in [-0.25, -0.2) is 10.1 Å². The maximum atomic E-state index is 12.4. The standard InChI is InChI=1S/C7H9FNO2P/c1-6-4-2-3-5-7(6)11-12(8,9)10/h2-5H,1H3,(H2,9,10). The van der Waals surface area contributed by atoms with E-state index in [4.69, 9.17) is 0 Å². The first-order valence-electron chi connectivity index (χ1n) is 3.32. The zero-order valence-corrected chi connectivity index (χ0v) is 7.42. The lowest BCUT2D eigenvalue weighted by Crippen LogP contribution is -1.97. The van der Waals surface area contributed by atoms with Gasteiger partial charge in [0.15, 0.2) is 0 Å². The molecule has 66 valence electrons. The van der Waals surface area contributed by atoms with E-state index in [0.29, 0.717) is 5.56 Å². The van der Waals surface area contributed by atoms with Crippen LogP contribution in [0.1, 0.15) is 5.56 Å². The lowest BCUT2D eigenvalue weighted by molar-refractivity contribution is 0.435. The Morgan fingerprint density at radius 1 is 1.50 bits per heavy atom. The highest BCUT2D eigenvalue weighted by Crippen LogP contribution is 2.40. The molecule has 1 rings (SSSR count). The fourth-order valence-corrected chi connectivity index (χ4v) is 1.27. The molecule has 0 bridgehead atoms. The van der Waals surface area contributed by atoms with E-state index in [1.165, 1.54) is 6.07 Å². The van der Waals surface area contributed by atoms with E-state index in [-0.39, 0.29) is 5.75 Å². The summed E-state index contributed by atoms with van der Waals surface area (Å²) in [5.74, 6) is 0.214. The number of hydrogen-bond donors (Lipinski definition) is 1. The van der Waals surface area contributed by atoms with Crippen LogP contribution in [0.5, 0.6) is 5.75 Å². The van der Waals surface area contributed by atoms with Gasteiger partial charge < -0.3 is 4.52 Å². The first-order chi connectivity index (χ1) is 5.49. The zero-order chi connectivity index (χ0) is 9.19. The topological polar surface area (TPSA) is 52.3 Å². The molecule has 0 aliphatic rings. The number of nitrogens with two attached hydrogens (primary N) is 1. The maximum Gasteiger partial charge on any atom is 0.493 e. The average molecular weight is 189 g/mol. The second-order valence-corrected chi connectivity index (χ2v) is 3.60. The first-order valence-corrected chi connectivity index (χ1v) is 4.91. The summed E-state index contributed by atoms with van der Waals surface area (Å²) in [4.78, 5) is 0. The van der Waals surface area contributed by atoms with Gasteiger partial charge in [-0.1, -0.05) is 18.2 Å². The van der Waals surface area contributed by atoms with Crippen LogP contribution in [-0.2, 0) is 4.57 Å². The van der Waals surface area contributed by atoms with Gasteiger partial charge in [0.05, 0.1) is 0 Å². The number of halogens is 1. The van der Waals surface area contributed by atoms with Gasteiger partial charge in [-0.05, 0) is 18.6 Å². The highest BCUT2D eigenvalue weighted by atomic mass is 31.2. The summed E-state index contributed by atoms with van der Waals surface area (Å²) in [7, 11) is -4.41. The van der Waals surface area contributed by atoms with E-state index in [2.05, 4.69) is 10.0 Å². The summed E-state index contributed by atoms with van der Waals surface area (Å²) in [6.45, 7) is 1.71. The molecule has 0 heterocycles. The second-order valence-electron chi connectivity index (χ2n) is 2.38. The van der Waals surface area contributed by atoms with Crippen LogP contribution >= 0.6 is 7.83 Å². The van der Waals surface area contributed by atoms with Crippen LogP contribution < -0.4 is 10.0 Å². The molecule has 0 aliphatic carbocycles. The maximum absolute atomic E-state index is 12.4. The van der Waals surface area contributed by atoms with Crippen LogP contribution in [0.4, 0.5) is 4.20 Å². The van der Waals surface area contributed by atoms with Crippen molar-refractivity contribution in [1.82, 2.24) is 0 Å². The second kappa shape index (κ2) is 3.25. The molecule has 5 heteroatoms. The van der Waals surface area contributed by atoms with Crippen LogP contribution in [0.2, 0.25) is 0 Å². The van der Waals surface area contributed by atoms with Crippen LogP contribution in [0.25, 0.3) is 0 Å². The zero-order valence-electron chi connectivity index (χ0n) is 6.53. The third-order valence-electron chi connectivity index (χ3n) is 1.32. The Labute approximate surface area is 70.0 Å². The van der Waals surface area contributed by atoms with E-state index in [1.54, 1.807) is 25.1 Å². The molecule has 12 heavy (non-hydrogen) atoms. The lowest BCUT2D eigenvalue weighted by Gasteiger charge is -2.07. The molecular formula is C7H9FNO2P. The van der Waals surface area contributed by atoms with Gasteiger partial charge in [0.2, 0.25) is 0 Å². The van der Waals surface area contributed by atoms with E-state index in [0.717, 1.165) is 0 Å². The van der Waals surface area contributed by atoms with Crippen molar-refractivity contribution < 1.29 is 13.3 Å². The summed E-state index contributed by atoms with van der Waals surface area (Å²) in [6, 6.07) is 6.64. The van der Waals surface area contributed by atoms with Gasteiger partial charge in [0.25, 0.3) is 0 Å². The molecule has 1 atom stereocenters. The minimum atomic E-state index is -4.41. The molecule has 0 aromatic heterocycles. The van der Waals surface area contributed by atoms with Crippen molar-refractivity contribution in [2.45, 2.75) is 6.92 Å². The monoisotopic (exact) mass is 189 g/mol. The van der Waals surface area contributed by atoms with Crippen molar-refractivity contribution in [1.29, 1.82) is 0 Å². The third-order valence-corrected chi connectivity index (χ3v) is 1.76. The molecule has 0 fully saturated rings. The Balaban J connectivity index is 2.90. The van der Waals surface area contributed by atoms with Crippen LogP contribution in [0.15, 0.2) is 24.3 Å². The summed E-state index contributed by atoms with van der Waals surface area (Å²) in [5.41, 5.74) is 5.30. The third kappa shape index (κ3) is 2.64. The Morgan fingerprint density at radius 3 is 2.58 bits per heavy atom. The Morgan fingerprint density at radius 2 is 2.08 bits per heavy atom. The van der Waals surface area contributed by atoms with Crippen LogP contribution in [0, 0.1) is 6.92 Å². The summed E-state index contributed by atoms with van der Waals surface area (Å²) >= 11 is 0. The van der Waals surface area contributed by atoms with Crippen molar-refractivity contribution in [3.8, 4) is 5.75 Å². The predicted octanol–water partition coefficient (Wildman–Crippen LogP) is 2.41. The number of para-hydroxylation sites is 1. The van der Waals surface area contributed by atoms with E-state index in [9.17, 15) is 8.76 Å².